The quantitative estimate of drug-likeness (QED) is 0.456. The van der Waals surface area contributed by atoms with Crippen LogP contribution in [-0.4, -0.2) is 36.9 Å². The molecular formula is C8H11N3O5S2. The third-order valence-corrected chi connectivity index (χ3v) is 3.84. The molecule has 100 valence electrons. The Balaban J connectivity index is 2.87. The molecule has 1 rings (SSSR count). The maximum Gasteiger partial charge on any atom is 0.301 e. The van der Waals surface area contributed by atoms with Crippen LogP contribution in [0.2, 0.25) is 0 Å². The molecule has 0 atom stereocenters. The average molecular weight is 293 g/mol. The van der Waals surface area contributed by atoms with Crippen molar-refractivity contribution in [2.45, 2.75) is 5.03 Å². The van der Waals surface area contributed by atoms with Gasteiger partial charge in [0.1, 0.15) is 0 Å². The first-order valence-electron chi connectivity index (χ1n) is 4.66. The first-order valence-corrected chi connectivity index (χ1v) is 7.36. The summed E-state index contributed by atoms with van der Waals surface area (Å²) >= 11 is 0.940. The summed E-state index contributed by atoms with van der Waals surface area (Å²) in [7, 11) is -2.21. The summed E-state index contributed by atoms with van der Waals surface area (Å²) in [6, 6.07) is 2.62. The van der Waals surface area contributed by atoms with Gasteiger partial charge in [0, 0.05) is 17.9 Å². The number of nitro groups is 1. The first kappa shape index (κ1) is 14.7. The summed E-state index contributed by atoms with van der Waals surface area (Å²) in [5.74, 6) is 0.0202. The second-order valence-corrected chi connectivity index (χ2v) is 5.97. The monoisotopic (exact) mass is 293 g/mol. The molecule has 0 fully saturated rings. The van der Waals surface area contributed by atoms with Crippen LogP contribution in [0.1, 0.15) is 0 Å². The van der Waals surface area contributed by atoms with E-state index < -0.39 is 14.9 Å². The van der Waals surface area contributed by atoms with Crippen molar-refractivity contribution in [3.63, 3.8) is 0 Å². The number of rotatable bonds is 6. The number of sulfonamides is 1. The number of methoxy groups -OCH3 is 1. The minimum absolute atomic E-state index is 0.0832. The van der Waals surface area contributed by atoms with Crippen molar-refractivity contribution in [2.24, 2.45) is 5.14 Å². The summed E-state index contributed by atoms with van der Waals surface area (Å²) in [5.41, 5.74) is -0.199. The fraction of sp³-hybridized carbons (Fsp3) is 0.375. The average Bonchev–Trinajstić information content (AvgIpc) is 2.26. The summed E-state index contributed by atoms with van der Waals surface area (Å²) in [4.78, 5) is 14.1. The molecule has 0 aliphatic carbocycles. The summed E-state index contributed by atoms with van der Waals surface area (Å²) in [6.45, 7) is 0. The maximum absolute atomic E-state index is 10.7. The summed E-state index contributed by atoms with van der Waals surface area (Å²) in [6.07, 6.45) is 0. The summed E-state index contributed by atoms with van der Waals surface area (Å²) in [5, 5.41) is 15.7. The van der Waals surface area contributed by atoms with Gasteiger partial charge in [-0.3, -0.25) is 10.1 Å². The number of hydrogen-bond acceptors (Lipinski definition) is 7. The van der Waals surface area contributed by atoms with Gasteiger partial charge in [-0.1, -0.05) is 11.8 Å². The topological polar surface area (TPSA) is 125 Å². The number of thioether (sulfide) groups is 1. The second kappa shape index (κ2) is 5.98. The molecule has 0 unspecified atom stereocenters. The van der Waals surface area contributed by atoms with E-state index in [4.69, 9.17) is 9.88 Å². The molecule has 0 aromatic carbocycles. The predicted molar refractivity (Wildman–Crippen MR) is 66.1 cm³/mol. The predicted octanol–water partition coefficient (Wildman–Crippen LogP) is 0.379. The zero-order chi connectivity index (χ0) is 13.8. The highest BCUT2D eigenvalue weighted by atomic mass is 32.2. The Morgan fingerprint density at radius 3 is 2.72 bits per heavy atom. The van der Waals surface area contributed by atoms with Crippen LogP contribution in [0, 0.1) is 10.1 Å². The molecule has 1 aromatic heterocycles. The second-order valence-electron chi connectivity index (χ2n) is 3.15. The standard InChI is InChI=1S/C8H11N3O5S2/c1-16-7-3-2-6(11(12)13)8(10-7)17-4-5-18(9,14)15/h2-3H,4-5H2,1H3,(H2,9,14,15). The van der Waals surface area contributed by atoms with Crippen LogP contribution in [0.3, 0.4) is 0 Å². The van der Waals surface area contributed by atoms with Gasteiger partial charge in [-0.2, -0.15) is 4.98 Å². The SMILES string of the molecule is COc1ccc([N+](=O)[O-])c(SCCS(N)(=O)=O)n1. The largest absolute Gasteiger partial charge is 0.481 e. The van der Waals surface area contributed by atoms with Gasteiger partial charge in [0.05, 0.1) is 17.8 Å². The highest BCUT2D eigenvalue weighted by Crippen LogP contribution is 2.29. The van der Waals surface area contributed by atoms with E-state index in [0.29, 0.717) is 0 Å². The highest BCUT2D eigenvalue weighted by Gasteiger charge is 2.17. The van der Waals surface area contributed by atoms with Crippen LogP contribution in [0.25, 0.3) is 0 Å². The van der Waals surface area contributed by atoms with E-state index in [1.807, 2.05) is 0 Å². The van der Waals surface area contributed by atoms with Gasteiger partial charge < -0.3 is 4.74 Å². The molecule has 0 bridgehead atoms. The Bertz CT molecular complexity index is 546. The van der Waals surface area contributed by atoms with Crippen LogP contribution < -0.4 is 9.88 Å². The molecule has 10 heteroatoms. The molecule has 8 nitrogen and oxygen atoms in total. The van der Waals surface area contributed by atoms with E-state index in [1.165, 1.54) is 19.2 Å². The Morgan fingerprint density at radius 2 is 2.22 bits per heavy atom. The van der Waals surface area contributed by atoms with Gasteiger partial charge in [-0.15, -0.1) is 0 Å². The molecule has 0 aliphatic rings. The lowest BCUT2D eigenvalue weighted by Crippen LogP contribution is -2.17. The molecule has 1 heterocycles. The Labute approximate surface area is 108 Å². The zero-order valence-corrected chi connectivity index (χ0v) is 11.0. The molecule has 0 spiro atoms. The highest BCUT2D eigenvalue weighted by molar-refractivity contribution is 8.00. The van der Waals surface area contributed by atoms with Crippen LogP contribution in [0.5, 0.6) is 5.88 Å². The minimum Gasteiger partial charge on any atom is -0.481 e. The van der Waals surface area contributed by atoms with Crippen molar-refractivity contribution in [3.05, 3.63) is 22.2 Å². The molecule has 18 heavy (non-hydrogen) atoms. The number of pyridine rings is 1. The third kappa shape index (κ3) is 4.47. The van der Waals surface area contributed by atoms with Gasteiger partial charge >= 0.3 is 5.69 Å². The van der Waals surface area contributed by atoms with Gasteiger partial charge in [0.2, 0.25) is 15.9 Å². The van der Waals surface area contributed by atoms with E-state index in [2.05, 4.69) is 4.98 Å². The maximum atomic E-state index is 10.7. The number of aromatic nitrogens is 1. The van der Waals surface area contributed by atoms with Crippen molar-refractivity contribution < 1.29 is 18.1 Å². The Morgan fingerprint density at radius 1 is 1.56 bits per heavy atom. The van der Waals surface area contributed by atoms with Crippen molar-refractivity contribution in [2.75, 3.05) is 18.6 Å². The molecule has 0 amide bonds. The van der Waals surface area contributed by atoms with Gasteiger partial charge in [0.15, 0.2) is 5.03 Å². The van der Waals surface area contributed by atoms with E-state index in [1.54, 1.807) is 0 Å². The van der Waals surface area contributed by atoms with Crippen LogP contribution >= 0.6 is 11.8 Å². The number of nitrogens with two attached hydrogens (primary N) is 1. The van der Waals surface area contributed by atoms with E-state index in [9.17, 15) is 18.5 Å². The van der Waals surface area contributed by atoms with Crippen LogP contribution in [0.4, 0.5) is 5.69 Å². The lowest BCUT2D eigenvalue weighted by Gasteiger charge is -2.04. The lowest BCUT2D eigenvalue weighted by molar-refractivity contribution is -0.388. The van der Waals surface area contributed by atoms with Gasteiger partial charge in [-0.05, 0) is 0 Å². The normalized spacial score (nSPS) is 11.2. The zero-order valence-electron chi connectivity index (χ0n) is 9.40. The third-order valence-electron chi connectivity index (χ3n) is 1.83. The summed E-state index contributed by atoms with van der Waals surface area (Å²) < 4.78 is 26.3. The molecule has 1 aromatic rings. The first-order chi connectivity index (χ1) is 8.33. The number of ether oxygens (including phenoxy) is 1. The fourth-order valence-electron chi connectivity index (χ4n) is 1.03. The fourth-order valence-corrected chi connectivity index (χ4v) is 2.93. The molecule has 2 N–H and O–H groups in total. The lowest BCUT2D eigenvalue weighted by atomic mass is 10.4. The smallest absolute Gasteiger partial charge is 0.301 e. The van der Waals surface area contributed by atoms with Crippen molar-refractivity contribution in [1.29, 1.82) is 0 Å². The van der Waals surface area contributed by atoms with E-state index in [-0.39, 0.29) is 28.1 Å². The number of hydrogen-bond donors (Lipinski definition) is 1. The van der Waals surface area contributed by atoms with Gasteiger partial charge in [0.25, 0.3) is 0 Å². The van der Waals surface area contributed by atoms with Crippen molar-refractivity contribution >= 4 is 27.5 Å². The van der Waals surface area contributed by atoms with Crippen molar-refractivity contribution in [3.8, 4) is 5.88 Å². The number of primary sulfonamides is 1. The minimum atomic E-state index is -3.59. The molecule has 0 radical (unpaired) electrons. The molecule has 0 aliphatic heterocycles. The van der Waals surface area contributed by atoms with Crippen LogP contribution in [-0.2, 0) is 10.0 Å². The van der Waals surface area contributed by atoms with E-state index in [0.717, 1.165) is 11.8 Å². The molecule has 0 saturated carbocycles. The Kier molecular flexibility index (Phi) is 4.87. The Hall–Kier alpha value is -1.39. The van der Waals surface area contributed by atoms with Crippen LogP contribution in [0.15, 0.2) is 17.2 Å². The van der Waals surface area contributed by atoms with E-state index >= 15 is 0 Å². The van der Waals surface area contributed by atoms with Crippen molar-refractivity contribution in [1.82, 2.24) is 4.98 Å². The molecular weight excluding hydrogens is 282 g/mol. The molecule has 0 saturated heterocycles. The van der Waals surface area contributed by atoms with Gasteiger partial charge in [-0.25, -0.2) is 13.6 Å². The number of nitrogens with zero attached hydrogens (tertiary/aromatic N) is 2.